The highest BCUT2D eigenvalue weighted by molar-refractivity contribution is 5.61. The molecule has 0 saturated heterocycles. The van der Waals surface area contributed by atoms with Crippen LogP contribution < -0.4 is 10.6 Å². The van der Waals surface area contributed by atoms with Gasteiger partial charge in [-0.1, -0.05) is 24.3 Å². The van der Waals surface area contributed by atoms with Crippen molar-refractivity contribution in [2.45, 2.75) is 12.7 Å². The van der Waals surface area contributed by atoms with Crippen molar-refractivity contribution in [1.29, 1.82) is 0 Å². The number of para-hydroxylation sites is 1. The molecule has 0 bridgehead atoms. The van der Waals surface area contributed by atoms with Crippen LogP contribution in [-0.4, -0.2) is 15.2 Å². The van der Waals surface area contributed by atoms with Crippen molar-refractivity contribution < 1.29 is 17.6 Å². The Kier molecular flexibility index (Phi) is 4.97. The molecule has 2 N–H and O–H groups in total. The van der Waals surface area contributed by atoms with E-state index in [9.17, 15) is 17.6 Å². The van der Waals surface area contributed by atoms with Gasteiger partial charge in [0.05, 0.1) is 17.4 Å². The number of rotatable bonds is 5. The predicted octanol–water partition coefficient (Wildman–Crippen LogP) is 4.39. The number of nitrogens with zero attached hydrogens (tertiary/aromatic N) is 3. The molecule has 1 aromatic heterocycles. The van der Waals surface area contributed by atoms with Gasteiger partial charge in [-0.25, -0.2) is 4.39 Å². The highest BCUT2D eigenvalue weighted by Crippen LogP contribution is 2.35. The van der Waals surface area contributed by atoms with Crippen LogP contribution in [0.4, 0.5) is 35.0 Å². The van der Waals surface area contributed by atoms with E-state index in [1.807, 2.05) is 0 Å². The smallest absolute Gasteiger partial charge is 0.349 e. The minimum Gasteiger partial charge on any atom is -0.349 e. The summed E-state index contributed by atoms with van der Waals surface area (Å²) in [4.78, 5) is 4.09. The quantitative estimate of drug-likeness (QED) is 0.659. The fraction of sp³-hybridized carbons (Fsp3) is 0.118. The summed E-state index contributed by atoms with van der Waals surface area (Å²) in [6.07, 6.45) is -3.27. The molecule has 0 aliphatic carbocycles. The second-order valence-corrected chi connectivity index (χ2v) is 5.31. The van der Waals surface area contributed by atoms with Gasteiger partial charge in [0.1, 0.15) is 5.82 Å². The van der Waals surface area contributed by atoms with Gasteiger partial charge >= 0.3 is 6.18 Å². The second-order valence-electron chi connectivity index (χ2n) is 5.31. The summed E-state index contributed by atoms with van der Waals surface area (Å²) in [7, 11) is 0. The average Bonchev–Trinajstić information content (AvgIpc) is 2.61. The fourth-order valence-electron chi connectivity index (χ4n) is 2.20. The zero-order valence-electron chi connectivity index (χ0n) is 13.3. The summed E-state index contributed by atoms with van der Waals surface area (Å²) >= 11 is 0. The molecule has 3 aromatic rings. The summed E-state index contributed by atoms with van der Waals surface area (Å²) < 4.78 is 52.0. The minimum atomic E-state index is -4.49. The summed E-state index contributed by atoms with van der Waals surface area (Å²) in [6, 6.07) is 10.9. The van der Waals surface area contributed by atoms with E-state index in [4.69, 9.17) is 0 Å². The van der Waals surface area contributed by atoms with Crippen LogP contribution >= 0.6 is 0 Å². The third kappa shape index (κ3) is 4.44. The first kappa shape index (κ1) is 17.6. The van der Waals surface area contributed by atoms with Crippen LogP contribution in [0.3, 0.4) is 0 Å². The van der Waals surface area contributed by atoms with E-state index in [2.05, 4.69) is 25.8 Å². The van der Waals surface area contributed by atoms with Gasteiger partial charge in [-0.2, -0.15) is 23.3 Å². The molecule has 0 saturated carbocycles. The number of benzene rings is 2. The molecule has 0 atom stereocenters. The molecule has 3 rings (SSSR count). The largest absolute Gasteiger partial charge is 0.418 e. The maximum Gasteiger partial charge on any atom is 0.418 e. The van der Waals surface area contributed by atoms with Gasteiger partial charge in [-0.15, -0.1) is 5.10 Å². The Morgan fingerprint density at radius 3 is 2.42 bits per heavy atom. The van der Waals surface area contributed by atoms with Crippen LogP contribution in [0.2, 0.25) is 0 Å². The molecule has 0 aliphatic heterocycles. The molecule has 134 valence electrons. The molecule has 0 amide bonds. The number of nitrogens with one attached hydrogen (secondary N) is 2. The van der Waals surface area contributed by atoms with Crippen LogP contribution in [0.5, 0.6) is 0 Å². The fourth-order valence-corrected chi connectivity index (χ4v) is 2.20. The van der Waals surface area contributed by atoms with Crippen LogP contribution in [0, 0.1) is 5.82 Å². The van der Waals surface area contributed by atoms with Crippen LogP contribution in [0.1, 0.15) is 11.1 Å². The molecule has 0 spiro atoms. The maximum absolute atomic E-state index is 13.0. The lowest BCUT2D eigenvalue weighted by Gasteiger charge is -2.14. The molecule has 5 nitrogen and oxygen atoms in total. The van der Waals surface area contributed by atoms with Gasteiger partial charge in [0.2, 0.25) is 5.95 Å². The van der Waals surface area contributed by atoms with Crippen molar-refractivity contribution in [3.05, 3.63) is 71.7 Å². The van der Waals surface area contributed by atoms with Gasteiger partial charge < -0.3 is 10.6 Å². The Hall–Kier alpha value is -3.23. The Labute approximate surface area is 146 Å². The van der Waals surface area contributed by atoms with Crippen LogP contribution in [0.25, 0.3) is 0 Å². The van der Waals surface area contributed by atoms with E-state index >= 15 is 0 Å². The molecule has 0 unspecified atom stereocenters. The lowest BCUT2D eigenvalue weighted by atomic mass is 10.1. The van der Waals surface area contributed by atoms with E-state index < -0.39 is 11.7 Å². The Morgan fingerprint density at radius 1 is 0.962 bits per heavy atom. The molecule has 0 radical (unpaired) electrons. The number of anilines is 3. The van der Waals surface area contributed by atoms with Gasteiger partial charge in [-0.3, -0.25) is 0 Å². The van der Waals surface area contributed by atoms with Gasteiger partial charge in [0.15, 0.2) is 5.82 Å². The minimum absolute atomic E-state index is 0.110. The summed E-state index contributed by atoms with van der Waals surface area (Å²) in [6.45, 7) is 0.310. The van der Waals surface area contributed by atoms with E-state index in [1.165, 1.54) is 36.5 Å². The lowest BCUT2D eigenvalue weighted by Crippen LogP contribution is -2.10. The van der Waals surface area contributed by atoms with Gasteiger partial charge in [0, 0.05) is 6.54 Å². The molecule has 1 heterocycles. The molecular weight excluding hydrogens is 350 g/mol. The van der Waals surface area contributed by atoms with Crippen molar-refractivity contribution >= 4 is 17.5 Å². The second kappa shape index (κ2) is 7.34. The molecule has 26 heavy (non-hydrogen) atoms. The topological polar surface area (TPSA) is 62.7 Å². The van der Waals surface area contributed by atoms with Crippen molar-refractivity contribution in [2.75, 3.05) is 10.6 Å². The summed E-state index contributed by atoms with van der Waals surface area (Å²) in [5.41, 5.74) is -0.153. The number of hydrogen-bond donors (Lipinski definition) is 2. The Morgan fingerprint density at radius 2 is 1.69 bits per heavy atom. The number of aromatic nitrogens is 3. The van der Waals surface area contributed by atoms with Crippen molar-refractivity contribution in [3.8, 4) is 0 Å². The van der Waals surface area contributed by atoms with Crippen molar-refractivity contribution in [3.63, 3.8) is 0 Å². The number of hydrogen-bond acceptors (Lipinski definition) is 5. The normalized spacial score (nSPS) is 11.2. The number of alkyl halides is 3. The summed E-state index contributed by atoms with van der Waals surface area (Å²) in [5.74, 6) is -0.108. The van der Waals surface area contributed by atoms with Gasteiger partial charge in [-0.05, 0) is 29.8 Å². The van der Waals surface area contributed by atoms with Crippen molar-refractivity contribution in [1.82, 2.24) is 15.2 Å². The third-order valence-electron chi connectivity index (χ3n) is 3.42. The average molecular weight is 363 g/mol. The standard InChI is InChI=1S/C17H13F4N5/c18-12-7-5-11(6-8-12)9-22-16-25-15(10-23-26-16)24-14-4-2-1-3-13(14)17(19,20)21/h1-8,10H,9H2,(H2,22,24,25,26). The maximum atomic E-state index is 13.0. The predicted molar refractivity (Wildman–Crippen MR) is 88.3 cm³/mol. The zero-order valence-corrected chi connectivity index (χ0v) is 13.3. The SMILES string of the molecule is Fc1ccc(CNc2nncc(Nc3ccccc3C(F)(F)F)n2)cc1. The van der Waals surface area contributed by atoms with E-state index in [1.54, 1.807) is 12.1 Å². The molecule has 9 heteroatoms. The van der Waals surface area contributed by atoms with Crippen molar-refractivity contribution in [2.24, 2.45) is 0 Å². The molecule has 0 fully saturated rings. The monoisotopic (exact) mass is 363 g/mol. The van der Waals surface area contributed by atoms with E-state index in [0.717, 1.165) is 11.6 Å². The first-order valence-electron chi connectivity index (χ1n) is 7.53. The molecular formula is C17H13F4N5. The Bertz CT molecular complexity index is 881. The first-order valence-corrected chi connectivity index (χ1v) is 7.53. The lowest BCUT2D eigenvalue weighted by molar-refractivity contribution is -0.136. The number of halogens is 4. The Balaban J connectivity index is 1.73. The zero-order chi connectivity index (χ0) is 18.6. The highest BCUT2D eigenvalue weighted by Gasteiger charge is 2.33. The molecule has 2 aromatic carbocycles. The highest BCUT2D eigenvalue weighted by atomic mass is 19.4. The third-order valence-corrected chi connectivity index (χ3v) is 3.42. The van der Waals surface area contributed by atoms with Gasteiger partial charge in [0.25, 0.3) is 0 Å². The van der Waals surface area contributed by atoms with E-state index in [0.29, 0.717) is 6.54 Å². The van der Waals surface area contributed by atoms with E-state index in [-0.39, 0.29) is 23.3 Å². The molecule has 0 aliphatic rings. The summed E-state index contributed by atoms with van der Waals surface area (Å²) in [5, 5.41) is 13.0. The van der Waals surface area contributed by atoms with Crippen LogP contribution in [-0.2, 0) is 12.7 Å². The first-order chi connectivity index (χ1) is 12.4. The van der Waals surface area contributed by atoms with Crippen LogP contribution in [0.15, 0.2) is 54.7 Å².